The molecule has 1 N–H and O–H groups in total. The second-order valence-corrected chi connectivity index (χ2v) is 7.81. The molecule has 2 saturated heterocycles. The fraction of sp³-hybridized carbons (Fsp3) is 0.682. The smallest absolute Gasteiger partial charge is 0.193 e. The van der Waals surface area contributed by atoms with E-state index in [0.29, 0.717) is 11.8 Å². The molecule has 28 heavy (non-hydrogen) atoms. The summed E-state index contributed by atoms with van der Waals surface area (Å²) >= 11 is 0. The lowest BCUT2D eigenvalue weighted by Crippen LogP contribution is -2.41. The van der Waals surface area contributed by atoms with Crippen LogP contribution in [-0.2, 0) is 4.74 Å². The van der Waals surface area contributed by atoms with E-state index >= 15 is 0 Å². The lowest BCUT2D eigenvalue weighted by molar-refractivity contribution is 0.121. The lowest BCUT2D eigenvalue weighted by Gasteiger charge is -2.31. The van der Waals surface area contributed by atoms with E-state index in [1.807, 2.05) is 0 Å². The van der Waals surface area contributed by atoms with Gasteiger partial charge in [0, 0.05) is 45.8 Å². The summed E-state index contributed by atoms with van der Waals surface area (Å²) in [5, 5.41) is 3.52. The molecule has 0 spiro atoms. The highest BCUT2D eigenvalue weighted by Gasteiger charge is 2.26. The van der Waals surface area contributed by atoms with Crippen LogP contribution in [0.5, 0.6) is 0 Å². The molecule has 0 saturated carbocycles. The van der Waals surface area contributed by atoms with Gasteiger partial charge >= 0.3 is 0 Å². The van der Waals surface area contributed by atoms with Crippen molar-refractivity contribution in [3.8, 4) is 0 Å². The highest BCUT2D eigenvalue weighted by molar-refractivity contribution is 14.0. The van der Waals surface area contributed by atoms with Gasteiger partial charge in [0.15, 0.2) is 5.96 Å². The molecule has 2 aliphatic rings. The van der Waals surface area contributed by atoms with Gasteiger partial charge in [0.05, 0.1) is 6.61 Å². The van der Waals surface area contributed by atoms with Crippen molar-refractivity contribution in [3.63, 3.8) is 0 Å². The number of rotatable bonds is 7. The fourth-order valence-electron chi connectivity index (χ4n) is 4.20. The molecule has 1 aromatic carbocycles. The summed E-state index contributed by atoms with van der Waals surface area (Å²) in [7, 11) is 1.78. The average molecular weight is 500 g/mol. The highest BCUT2D eigenvalue weighted by atomic mass is 127. The molecule has 6 heteroatoms. The number of piperidine rings is 1. The van der Waals surface area contributed by atoms with E-state index in [0.717, 1.165) is 45.3 Å². The highest BCUT2D eigenvalue weighted by Crippen LogP contribution is 2.27. The number of halogens is 1. The van der Waals surface area contributed by atoms with Gasteiger partial charge < -0.3 is 19.9 Å². The number of aliphatic imine (C=N–C) groups is 1. The Hall–Kier alpha value is -0.860. The number of hydrogen-bond acceptors (Lipinski definition) is 3. The van der Waals surface area contributed by atoms with Crippen molar-refractivity contribution in [2.75, 3.05) is 59.5 Å². The number of nitrogens with zero attached hydrogens (tertiary/aromatic N) is 3. The zero-order chi connectivity index (χ0) is 18.9. The average Bonchev–Trinajstić information content (AvgIpc) is 3.21. The third-order valence-corrected chi connectivity index (χ3v) is 5.91. The van der Waals surface area contributed by atoms with Gasteiger partial charge in [0.1, 0.15) is 0 Å². The summed E-state index contributed by atoms with van der Waals surface area (Å²) in [6, 6.07) is 10.9. The maximum atomic E-state index is 5.20. The van der Waals surface area contributed by atoms with Crippen molar-refractivity contribution in [1.82, 2.24) is 15.1 Å². The molecule has 2 aliphatic heterocycles. The van der Waals surface area contributed by atoms with E-state index < -0.39 is 0 Å². The molecule has 158 valence electrons. The molecular weight excluding hydrogens is 463 g/mol. The lowest BCUT2D eigenvalue weighted by atomic mass is 9.97. The Morgan fingerprint density at radius 3 is 2.57 bits per heavy atom. The first-order chi connectivity index (χ1) is 13.3. The molecule has 0 radical (unpaired) electrons. The fourth-order valence-corrected chi connectivity index (χ4v) is 4.20. The van der Waals surface area contributed by atoms with Crippen LogP contribution < -0.4 is 5.32 Å². The normalized spacial score (nSPS) is 21.6. The predicted molar refractivity (Wildman–Crippen MR) is 128 cm³/mol. The molecule has 0 amide bonds. The standard InChI is InChI=1S/C22H36N4O.HI/c1-3-23-22(24-17-19-9-12-25(13-10-19)15-16-27-2)26-14-11-21(18-26)20-7-5-4-6-8-20;/h4-8,19,21H,3,9-18H2,1-2H3,(H,23,24);1H. The van der Waals surface area contributed by atoms with Gasteiger partial charge in [-0.3, -0.25) is 4.99 Å². The van der Waals surface area contributed by atoms with Crippen molar-refractivity contribution in [2.45, 2.75) is 32.1 Å². The molecule has 2 heterocycles. The Kier molecular flexibility index (Phi) is 10.6. The van der Waals surface area contributed by atoms with Crippen LogP contribution in [0, 0.1) is 5.92 Å². The van der Waals surface area contributed by atoms with Gasteiger partial charge in [-0.25, -0.2) is 0 Å². The first-order valence-corrected chi connectivity index (χ1v) is 10.6. The number of guanidine groups is 1. The zero-order valence-corrected chi connectivity index (χ0v) is 19.8. The minimum absolute atomic E-state index is 0. The topological polar surface area (TPSA) is 40.1 Å². The summed E-state index contributed by atoms with van der Waals surface area (Å²) < 4.78 is 5.20. The SMILES string of the molecule is CCNC(=NCC1CCN(CCOC)CC1)N1CCC(c2ccccc2)C1.I. The monoisotopic (exact) mass is 500 g/mol. The van der Waals surface area contributed by atoms with Crippen molar-refractivity contribution in [2.24, 2.45) is 10.9 Å². The van der Waals surface area contributed by atoms with Crippen LogP contribution in [0.25, 0.3) is 0 Å². The quantitative estimate of drug-likeness (QED) is 0.354. The van der Waals surface area contributed by atoms with Gasteiger partial charge in [-0.2, -0.15) is 0 Å². The van der Waals surface area contributed by atoms with Crippen molar-refractivity contribution < 1.29 is 4.74 Å². The molecule has 2 fully saturated rings. The second-order valence-electron chi connectivity index (χ2n) is 7.81. The van der Waals surface area contributed by atoms with Gasteiger partial charge in [0.2, 0.25) is 0 Å². The largest absolute Gasteiger partial charge is 0.383 e. The minimum atomic E-state index is 0. The molecule has 0 bridgehead atoms. The van der Waals surface area contributed by atoms with Crippen LogP contribution in [-0.4, -0.2) is 75.3 Å². The van der Waals surface area contributed by atoms with E-state index in [1.54, 1.807) is 7.11 Å². The maximum absolute atomic E-state index is 5.20. The third kappa shape index (κ3) is 6.88. The van der Waals surface area contributed by atoms with Crippen LogP contribution in [0.2, 0.25) is 0 Å². The number of nitrogens with one attached hydrogen (secondary N) is 1. The zero-order valence-electron chi connectivity index (χ0n) is 17.5. The summed E-state index contributed by atoms with van der Waals surface area (Å²) in [6.45, 7) is 10.5. The molecule has 3 rings (SSSR count). The van der Waals surface area contributed by atoms with Crippen LogP contribution in [0.3, 0.4) is 0 Å². The Labute approximate surface area is 187 Å². The Morgan fingerprint density at radius 1 is 1.14 bits per heavy atom. The van der Waals surface area contributed by atoms with E-state index in [4.69, 9.17) is 9.73 Å². The third-order valence-electron chi connectivity index (χ3n) is 5.91. The van der Waals surface area contributed by atoms with Crippen molar-refractivity contribution >= 4 is 29.9 Å². The van der Waals surface area contributed by atoms with Crippen LogP contribution >= 0.6 is 24.0 Å². The molecule has 1 aromatic rings. The Balaban J connectivity index is 0.00000280. The number of likely N-dealkylation sites (tertiary alicyclic amines) is 2. The van der Waals surface area contributed by atoms with Gasteiger partial charge in [-0.1, -0.05) is 30.3 Å². The molecule has 0 aromatic heterocycles. The number of hydrogen-bond donors (Lipinski definition) is 1. The van der Waals surface area contributed by atoms with Crippen LogP contribution in [0.15, 0.2) is 35.3 Å². The molecular formula is C22H37IN4O. The summed E-state index contributed by atoms with van der Waals surface area (Å²) in [5.41, 5.74) is 1.46. The van der Waals surface area contributed by atoms with Gasteiger partial charge in [-0.05, 0) is 50.8 Å². The van der Waals surface area contributed by atoms with Gasteiger partial charge in [-0.15, -0.1) is 24.0 Å². The van der Waals surface area contributed by atoms with E-state index in [-0.39, 0.29) is 24.0 Å². The first-order valence-electron chi connectivity index (χ1n) is 10.6. The Morgan fingerprint density at radius 2 is 1.89 bits per heavy atom. The minimum Gasteiger partial charge on any atom is -0.383 e. The van der Waals surface area contributed by atoms with Crippen LogP contribution in [0.4, 0.5) is 0 Å². The van der Waals surface area contributed by atoms with E-state index in [9.17, 15) is 0 Å². The summed E-state index contributed by atoms with van der Waals surface area (Å²) in [4.78, 5) is 9.99. The molecule has 5 nitrogen and oxygen atoms in total. The molecule has 1 unspecified atom stereocenters. The molecule has 0 aliphatic carbocycles. The summed E-state index contributed by atoms with van der Waals surface area (Å²) in [6.07, 6.45) is 3.71. The number of methoxy groups -OCH3 is 1. The molecule has 1 atom stereocenters. The van der Waals surface area contributed by atoms with Crippen LogP contribution in [0.1, 0.15) is 37.7 Å². The van der Waals surface area contributed by atoms with Crippen molar-refractivity contribution in [1.29, 1.82) is 0 Å². The van der Waals surface area contributed by atoms with E-state index in [1.165, 1.54) is 37.9 Å². The first kappa shape index (κ1) is 23.4. The number of ether oxygens (including phenoxy) is 1. The van der Waals surface area contributed by atoms with Crippen molar-refractivity contribution in [3.05, 3.63) is 35.9 Å². The summed E-state index contributed by atoms with van der Waals surface area (Å²) in [5.74, 6) is 2.45. The maximum Gasteiger partial charge on any atom is 0.193 e. The second kappa shape index (κ2) is 12.6. The Bertz CT molecular complexity index is 575. The van der Waals surface area contributed by atoms with Gasteiger partial charge in [0.25, 0.3) is 0 Å². The van der Waals surface area contributed by atoms with E-state index in [2.05, 4.69) is 52.4 Å². The number of benzene rings is 1. The predicted octanol–water partition coefficient (Wildman–Crippen LogP) is 3.42.